The van der Waals surface area contributed by atoms with E-state index in [0.717, 1.165) is 33.9 Å². The number of fused-ring (bicyclic) bond motifs is 3. The smallest absolute Gasteiger partial charge is 0.247 e. The number of halogens is 1. The van der Waals surface area contributed by atoms with Crippen LogP contribution in [-0.4, -0.2) is 25.0 Å². The molecule has 7 nitrogen and oxygen atoms in total. The minimum atomic E-state index is -0.626. The highest BCUT2D eigenvalue weighted by atomic mass is 35.5. The van der Waals surface area contributed by atoms with Crippen molar-refractivity contribution in [3.63, 3.8) is 0 Å². The van der Waals surface area contributed by atoms with Gasteiger partial charge in [0.05, 0.1) is 16.9 Å². The Labute approximate surface area is 223 Å². The van der Waals surface area contributed by atoms with Crippen LogP contribution in [0, 0.1) is 13.8 Å². The summed E-state index contributed by atoms with van der Waals surface area (Å²) in [4.78, 5) is 4.76. The van der Waals surface area contributed by atoms with E-state index < -0.39 is 6.23 Å². The minimum Gasteiger partial charge on any atom is -0.447 e. The molecule has 1 atom stereocenters. The summed E-state index contributed by atoms with van der Waals surface area (Å²) >= 11 is 8.41. The summed E-state index contributed by atoms with van der Waals surface area (Å²) in [7, 11) is 0. The first-order valence-electron chi connectivity index (χ1n) is 11.8. The molecule has 0 bridgehead atoms. The lowest BCUT2D eigenvalue weighted by Gasteiger charge is -2.19. The number of hydrogen-bond acceptors (Lipinski definition) is 7. The van der Waals surface area contributed by atoms with E-state index in [1.165, 1.54) is 22.9 Å². The quantitative estimate of drug-likeness (QED) is 0.252. The number of rotatable bonds is 5. The van der Waals surface area contributed by atoms with Crippen LogP contribution in [0.25, 0.3) is 16.9 Å². The molecule has 1 unspecified atom stereocenters. The largest absolute Gasteiger partial charge is 0.447 e. The first-order chi connectivity index (χ1) is 18.1. The average molecular weight is 527 g/mol. The van der Waals surface area contributed by atoms with Crippen LogP contribution in [0.4, 0.5) is 5.69 Å². The average Bonchev–Trinajstić information content (AvgIpc) is 3.12. The fourth-order valence-corrected chi connectivity index (χ4v) is 5.33. The molecule has 0 amide bonds. The van der Waals surface area contributed by atoms with Crippen LogP contribution in [0.3, 0.4) is 0 Å². The predicted octanol–water partition coefficient (Wildman–Crippen LogP) is 6.79. The van der Waals surface area contributed by atoms with Gasteiger partial charge in [-0.05, 0) is 37.6 Å². The Balaban J connectivity index is 1.37. The lowest BCUT2D eigenvalue weighted by atomic mass is 10.1. The van der Waals surface area contributed by atoms with Gasteiger partial charge in [0.2, 0.25) is 17.3 Å². The van der Waals surface area contributed by atoms with Crippen molar-refractivity contribution in [2.45, 2.75) is 31.0 Å². The van der Waals surface area contributed by atoms with Crippen LogP contribution in [0.2, 0.25) is 5.15 Å². The van der Waals surface area contributed by atoms with Gasteiger partial charge in [0.1, 0.15) is 5.15 Å². The van der Waals surface area contributed by atoms with Crippen molar-refractivity contribution in [1.29, 1.82) is 0 Å². The van der Waals surface area contributed by atoms with Gasteiger partial charge in [-0.15, -0.1) is 10.2 Å². The van der Waals surface area contributed by atoms with Gasteiger partial charge in [-0.3, -0.25) is 0 Å². The molecule has 0 radical (unpaired) electrons. The van der Waals surface area contributed by atoms with Crippen LogP contribution in [0.5, 0.6) is 5.88 Å². The van der Waals surface area contributed by atoms with Gasteiger partial charge in [0.15, 0.2) is 5.69 Å². The summed E-state index contributed by atoms with van der Waals surface area (Å²) in [5.74, 6) is 1.13. The molecule has 9 heteroatoms. The summed E-state index contributed by atoms with van der Waals surface area (Å²) < 4.78 is 8.19. The van der Waals surface area contributed by atoms with Gasteiger partial charge in [-0.1, -0.05) is 89.6 Å². The second-order valence-corrected chi connectivity index (χ2v) is 10.0. The molecule has 1 N–H and O–H groups in total. The highest BCUT2D eigenvalue weighted by molar-refractivity contribution is 7.98. The molecule has 6 rings (SSSR count). The van der Waals surface area contributed by atoms with Crippen LogP contribution in [-0.2, 0) is 5.75 Å². The molecule has 0 aliphatic carbocycles. The third kappa shape index (κ3) is 4.65. The number of thioether (sulfide) groups is 1. The van der Waals surface area contributed by atoms with Gasteiger partial charge in [-0.25, -0.2) is 4.68 Å². The van der Waals surface area contributed by atoms with Gasteiger partial charge in [0, 0.05) is 17.0 Å². The third-order valence-electron chi connectivity index (χ3n) is 6.13. The van der Waals surface area contributed by atoms with E-state index in [1.807, 2.05) is 61.5 Å². The van der Waals surface area contributed by atoms with Crippen molar-refractivity contribution in [2.24, 2.45) is 0 Å². The molecule has 2 aromatic heterocycles. The van der Waals surface area contributed by atoms with Crippen molar-refractivity contribution >= 4 is 29.1 Å². The highest BCUT2D eigenvalue weighted by Crippen LogP contribution is 2.41. The molecule has 0 saturated carbocycles. The summed E-state index contributed by atoms with van der Waals surface area (Å²) in [5, 5.41) is 18.1. The summed E-state index contributed by atoms with van der Waals surface area (Å²) in [6, 6.07) is 26.1. The number of ether oxygens (including phenoxy) is 1. The topological polar surface area (TPSA) is 77.8 Å². The zero-order valence-electron chi connectivity index (χ0n) is 20.2. The molecule has 5 aromatic rings. The molecule has 1 aliphatic heterocycles. The zero-order chi connectivity index (χ0) is 25.4. The van der Waals surface area contributed by atoms with E-state index in [0.29, 0.717) is 21.9 Å². The predicted molar refractivity (Wildman–Crippen MR) is 146 cm³/mol. The van der Waals surface area contributed by atoms with Gasteiger partial charge in [0.25, 0.3) is 0 Å². The fraction of sp³-hybridized carbons (Fsp3) is 0.143. The molecular weight excluding hydrogens is 504 g/mol. The maximum Gasteiger partial charge on any atom is 0.247 e. The lowest BCUT2D eigenvalue weighted by Crippen LogP contribution is -2.18. The first-order valence-corrected chi connectivity index (χ1v) is 13.2. The standard InChI is InChI=1S/C28H23ClN6OS/c1-17-12-14-19(15-13-17)16-37-28-31-27-24(32-33-28)21-10-6-7-11-22(21)30-26(36-27)23-18(2)34-35(25(23)29)20-8-4-3-5-9-20/h3-15,26,30H,16H2,1-2H3. The number of aryl methyl sites for hydroxylation is 2. The Kier molecular flexibility index (Phi) is 6.28. The number of nitrogens with zero attached hydrogens (tertiary/aromatic N) is 5. The van der Waals surface area contributed by atoms with Gasteiger partial charge in [-0.2, -0.15) is 10.1 Å². The number of benzene rings is 3. The van der Waals surface area contributed by atoms with Crippen LogP contribution >= 0.6 is 23.4 Å². The molecule has 0 spiro atoms. The molecule has 184 valence electrons. The second kappa shape index (κ2) is 9.88. The van der Waals surface area contributed by atoms with Crippen molar-refractivity contribution in [1.82, 2.24) is 25.0 Å². The lowest BCUT2D eigenvalue weighted by molar-refractivity contribution is 0.224. The Morgan fingerprint density at radius 3 is 2.51 bits per heavy atom. The monoisotopic (exact) mass is 526 g/mol. The molecular formula is C28H23ClN6OS. The van der Waals surface area contributed by atoms with E-state index in [9.17, 15) is 0 Å². The normalized spacial score (nSPS) is 14.2. The summed E-state index contributed by atoms with van der Waals surface area (Å²) in [6.45, 7) is 4.00. The molecule has 0 fully saturated rings. The van der Waals surface area contributed by atoms with Crippen molar-refractivity contribution in [3.05, 3.63) is 106 Å². The van der Waals surface area contributed by atoms with Gasteiger partial charge < -0.3 is 10.1 Å². The number of nitrogens with one attached hydrogen (secondary N) is 1. The van der Waals surface area contributed by atoms with Crippen LogP contribution in [0.15, 0.2) is 84.0 Å². The van der Waals surface area contributed by atoms with Crippen LogP contribution < -0.4 is 10.1 Å². The minimum absolute atomic E-state index is 0.395. The number of hydrogen-bond donors (Lipinski definition) is 1. The Hall–Kier alpha value is -3.88. The number of para-hydroxylation sites is 2. The van der Waals surface area contributed by atoms with E-state index in [1.54, 1.807) is 4.68 Å². The first kappa shape index (κ1) is 23.5. The Morgan fingerprint density at radius 2 is 1.70 bits per heavy atom. The zero-order valence-corrected chi connectivity index (χ0v) is 21.8. The maximum absolute atomic E-state index is 6.89. The van der Waals surface area contributed by atoms with Crippen molar-refractivity contribution in [2.75, 3.05) is 5.32 Å². The summed E-state index contributed by atoms with van der Waals surface area (Å²) in [5.41, 5.74) is 7.07. The highest BCUT2D eigenvalue weighted by Gasteiger charge is 2.31. The third-order valence-corrected chi connectivity index (χ3v) is 7.41. The Morgan fingerprint density at radius 1 is 0.946 bits per heavy atom. The Bertz CT molecular complexity index is 1570. The maximum atomic E-state index is 6.89. The SMILES string of the molecule is Cc1ccc(CSc2nnc3c(n2)OC(c2c(C)nn(-c4ccccc4)c2Cl)Nc2ccccc2-3)cc1. The van der Waals surface area contributed by atoms with Crippen molar-refractivity contribution in [3.8, 4) is 22.8 Å². The molecule has 3 heterocycles. The fourth-order valence-electron chi connectivity index (χ4n) is 4.22. The molecule has 0 saturated heterocycles. The molecule has 37 heavy (non-hydrogen) atoms. The summed E-state index contributed by atoms with van der Waals surface area (Å²) in [6.07, 6.45) is -0.626. The van der Waals surface area contributed by atoms with E-state index in [2.05, 4.69) is 46.7 Å². The van der Waals surface area contributed by atoms with Gasteiger partial charge >= 0.3 is 0 Å². The van der Waals surface area contributed by atoms with Crippen molar-refractivity contribution < 1.29 is 4.74 Å². The number of aromatic nitrogens is 5. The van der Waals surface area contributed by atoms with E-state index in [4.69, 9.17) is 26.4 Å². The van der Waals surface area contributed by atoms with E-state index in [-0.39, 0.29) is 0 Å². The molecule has 3 aromatic carbocycles. The molecule has 1 aliphatic rings. The second-order valence-electron chi connectivity index (χ2n) is 8.75. The van der Waals surface area contributed by atoms with E-state index >= 15 is 0 Å². The number of anilines is 1. The van der Waals surface area contributed by atoms with Crippen LogP contribution in [0.1, 0.15) is 28.6 Å².